The molecule has 0 fully saturated rings. The van der Waals surface area contributed by atoms with Crippen LogP contribution >= 0.6 is 23.2 Å². The molecule has 0 atom stereocenters. The van der Waals surface area contributed by atoms with Gasteiger partial charge < -0.3 is 14.2 Å². The Morgan fingerprint density at radius 1 is 0.938 bits per heavy atom. The SMILES string of the molecule is COc1ccc(C(=O)Cc2c(Cl)cncc2Cl)c(OCc2ccc(C(C)C)cc2)c1OC. The fourth-order valence-corrected chi connectivity index (χ4v) is 3.78. The van der Waals surface area contributed by atoms with Crippen molar-refractivity contribution in [2.75, 3.05) is 14.2 Å². The second kappa shape index (κ2) is 10.7. The molecular weight excluding hydrogens is 449 g/mol. The predicted octanol–water partition coefficient (Wildman–Crippen LogP) is 6.53. The van der Waals surface area contributed by atoms with Gasteiger partial charge in [0, 0.05) is 24.4 Å². The molecule has 2 aromatic carbocycles. The number of hydrogen-bond acceptors (Lipinski definition) is 5. The Balaban J connectivity index is 1.93. The van der Waals surface area contributed by atoms with Crippen molar-refractivity contribution in [1.29, 1.82) is 0 Å². The van der Waals surface area contributed by atoms with E-state index in [1.807, 2.05) is 12.1 Å². The summed E-state index contributed by atoms with van der Waals surface area (Å²) >= 11 is 12.4. The minimum absolute atomic E-state index is 0.00485. The Morgan fingerprint density at radius 3 is 2.16 bits per heavy atom. The van der Waals surface area contributed by atoms with Gasteiger partial charge in [0.05, 0.1) is 29.8 Å². The van der Waals surface area contributed by atoms with Crippen LogP contribution in [0.15, 0.2) is 48.8 Å². The highest BCUT2D eigenvalue weighted by Gasteiger charge is 2.23. The molecule has 3 rings (SSSR count). The van der Waals surface area contributed by atoms with Crippen LogP contribution in [-0.2, 0) is 13.0 Å². The van der Waals surface area contributed by atoms with Crippen molar-refractivity contribution in [3.8, 4) is 17.2 Å². The van der Waals surface area contributed by atoms with Crippen molar-refractivity contribution in [2.24, 2.45) is 0 Å². The summed E-state index contributed by atoms with van der Waals surface area (Å²) in [5, 5.41) is 0.665. The average Bonchev–Trinajstić information content (AvgIpc) is 2.79. The number of ketones is 1. The summed E-state index contributed by atoms with van der Waals surface area (Å²) in [7, 11) is 3.04. The van der Waals surface area contributed by atoms with Gasteiger partial charge in [0.25, 0.3) is 0 Å². The molecule has 0 N–H and O–H groups in total. The number of benzene rings is 2. The third-order valence-corrected chi connectivity index (χ3v) is 5.77. The number of Topliss-reactive ketones (excluding diaryl/α,β-unsaturated/α-hetero) is 1. The van der Waals surface area contributed by atoms with Crippen molar-refractivity contribution >= 4 is 29.0 Å². The standard InChI is InChI=1S/C25H25Cl2NO4/c1-15(2)17-7-5-16(6-8-17)14-32-24-18(9-10-23(30-3)25(24)31-4)22(29)11-19-20(26)12-28-13-21(19)27/h5-10,12-13,15H,11,14H2,1-4H3. The van der Waals surface area contributed by atoms with Crippen LogP contribution in [0.5, 0.6) is 17.2 Å². The van der Waals surface area contributed by atoms with Crippen LogP contribution in [0, 0.1) is 0 Å². The zero-order valence-electron chi connectivity index (χ0n) is 18.4. The predicted molar refractivity (Wildman–Crippen MR) is 127 cm³/mol. The van der Waals surface area contributed by atoms with Gasteiger partial charge in [-0.2, -0.15) is 0 Å². The summed E-state index contributed by atoms with van der Waals surface area (Å²) in [5.74, 6) is 1.36. The van der Waals surface area contributed by atoms with Gasteiger partial charge in [0.15, 0.2) is 17.3 Å². The molecule has 0 saturated heterocycles. The van der Waals surface area contributed by atoms with Crippen molar-refractivity contribution in [3.63, 3.8) is 0 Å². The Bertz CT molecular complexity index is 1080. The minimum atomic E-state index is -0.217. The molecule has 0 bridgehead atoms. The van der Waals surface area contributed by atoms with E-state index < -0.39 is 0 Å². The lowest BCUT2D eigenvalue weighted by Crippen LogP contribution is -2.10. The first kappa shape index (κ1) is 23.9. The van der Waals surface area contributed by atoms with E-state index in [-0.39, 0.29) is 18.8 Å². The summed E-state index contributed by atoms with van der Waals surface area (Å²) in [5.41, 5.74) is 3.08. The highest BCUT2D eigenvalue weighted by atomic mass is 35.5. The molecule has 1 heterocycles. The maximum Gasteiger partial charge on any atom is 0.204 e. The van der Waals surface area contributed by atoms with Gasteiger partial charge in [-0.15, -0.1) is 0 Å². The van der Waals surface area contributed by atoms with E-state index >= 15 is 0 Å². The average molecular weight is 474 g/mol. The van der Waals surface area contributed by atoms with Crippen LogP contribution < -0.4 is 14.2 Å². The molecule has 168 valence electrons. The molecule has 3 aromatic rings. The number of hydrogen-bond donors (Lipinski definition) is 0. The number of methoxy groups -OCH3 is 2. The third-order valence-electron chi connectivity index (χ3n) is 5.12. The van der Waals surface area contributed by atoms with E-state index in [1.165, 1.54) is 32.2 Å². The molecule has 0 amide bonds. The van der Waals surface area contributed by atoms with E-state index in [0.29, 0.717) is 44.3 Å². The van der Waals surface area contributed by atoms with Crippen LogP contribution in [-0.4, -0.2) is 25.0 Å². The smallest absolute Gasteiger partial charge is 0.204 e. The minimum Gasteiger partial charge on any atom is -0.493 e. The van der Waals surface area contributed by atoms with Crippen molar-refractivity contribution < 1.29 is 19.0 Å². The molecule has 5 nitrogen and oxygen atoms in total. The molecule has 1 aromatic heterocycles. The third kappa shape index (κ3) is 5.34. The van der Waals surface area contributed by atoms with Gasteiger partial charge in [-0.1, -0.05) is 61.3 Å². The molecular formula is C25H25Cl2NO4. The first-order valence-electron chi connectivity index (χ1n) is 10.1. The largest absolute Gasteiger partial charge is 0.493 e. The Hall–Kier alpha value is -2.76. The zero-order chi connectivity index (χ0) is 23.3. The zero-order valence-corrected chi connectivity index (χ0v) is 20.0. The number of carbonyl (C=O) groups excluding carboxylic acids is 1. The fraction of sp³-hybridized carbons (Fsp3) is 0.280. The van der Waals surface area contributed by atoms with Gasteiger partial charge in [0.2, 0.25) is 5.75 Å². The number of carbonyl (C=O) groups is 1. The highest BCUT2D eigenvalue weighted by molar-refractivity contribution is 6.36. The topological polar surface area (TPSA) is 57.7 Å². The Kier molecular flexibility index (Phi) is 7.99. The second-order valence-electron chi connectivity index (χ2n) is 7.54. The number of halogens is 2. The van der Waals surface area contributed by atoms with Gasteiger partial charge in [-0.3, -0.25) is 9.78 Å². The van der Waals surface area contributed by atoms with Crippen LogP contribution in [0.1, 0.15) is 46.8 Å². The molecule has 0 radical (unpaired) electrons. The fourth-order valence-electron chi connectivity index (χ4n) is 3.28. The van der Waals surface area contributed by atoms with Gasteiger partial charge >= 0.3 is 0 Å². The van der Waals surface area contributed by atoms with E-state index in [0.717, 1.165) is 5.56 Å². The summed E-state index contributed by atoms with van der Waals surface area (Å²) in [4.78, 5) is 17.2. The van der Waals surface area contributed by atoms with Crippen LogP contribution in [0.3, 0.4) is 0 Å². The molecule has 0 saturated carbocycles. The monoisotopic (exact) mass is 473 g/mol. The number of pyridine rings is 1. The van der Waals surface area contributed by atoms with Crippen LogP contribution in [0.4, 0.5) is 0 Å². The summed E-state index contributed by atoms with van der Waals surface area (Å²) in [6.07, 6.45) is 2.92. The highest BCUT2D eigenvalue weighted by Crippen LogP contribution is 2.41. The second-order valence-corrected chi connectivity index (χ2v) is 8.36. The van der Waals surface area contributed by atoms with Gasteiger partial charge in [0.1, 0.15) is 6.61 Å². The van der Waals surface area contributed by atoms with E-state index in [9.17, 15) is 4.79 Å². The number of aromatic nitrogens is 1. The van der Waals surface area contributed by atoms with Crippen molar-refractivity contribution in [1.82, 2.24) is 4.98 Å². The number of rotatable bonds is 9. The number of ether oxygens (including phenoxy) is 3. The van der Waals surface area contributed by atoms with Crippen molar-refractivity contribution in [2.45, 2.75) is 32.8 Å². The quantitative estimate of drug-likeness (QED) is 0.330. The molecule has 0 aliphatic rings. The van der Waals surface area contributed by atoms with Gasteiger partial charge in [-0.05, 0) is 29.2 Å². The van der Waals surface area contributed by atoms with Crippen LogP contribution in [0.25, 0.3) is 0 Å². The van der Waals surface area contributed by atoms with E-state index in [4.69, 9.17) is 37.4 Å². The lowest BCUT2D eigenvalue weighted by molar-refractivity contribution is 0.0987. The normalized spacial score (nSPS) is 10.8. The maximum absolute atomic E-state index is 13.2. The molecule has 0 aliphatic heterocycles. The summed E-state index contributed by atoms with van der Waals surface area (Å²) in [6.45, 7) is 4.55. The lowest BCUT2D eigenvalue weighted by atomic mass is 10.0. The van der Waals surface area contributed by atoms with E-state index in [1.54, 1.807) is 12.1 Å². The molecule has 0 aliphatic carbocycles. The summed E-state index contributed by atoms with van der Waals surface area (Å²) in [6, 6.07) is 11.5. The summed E-state index contributed by atoms with van der Waals surface area (Å²) < 4.78 is 17.0. The maximum atomic E-state index is 13.2. The Morgan fingerprint density at radius 2 is 1.59 bits per heavy atom. The molecule has 0 unspecified atom stereocenters. The van der Waals surface area contributed by atoms with Crippen LogP contribution in [0.2, 0.25) is 10.0 Å². The Labute approximate surface area is 198 Å². The molecule has 7 heteroatoms. The lowest BCUT2D eigenvalue weighted by Gasteiger charge is -2.18. The number of nitrogens with zero attached hydrogens (tertiary/aromatic N) is 1. The first-order valence-corrected chi connectivity index (χ1v) is 10.9. The first-order chi connectivity index (χ1) is 15.3. The van der Waals surface area contributed by atoms with Crippen molar-refractivity contribution in [3.05, 3.63) is 81.1 Å². The van der Waals surface area contributed by atoms with E-state index in [2.05, 4.69) is 31.0 Å². The van der Waals surface area contributed by atoms with Gasteiger partial charge in [-0.25, -0.2) is 0 Å². The molecule has 0 spiro atoms. The molecule has 32 heavy (non-hydrogen) atoms.